The smallest absolute Gasteiger partial charge is 0.0825 e. The number of piperidine rings is 1. The van der Waals surface area contributed by atoms with Crippen LogP contribution >= 0.6 is 15.9 Å². The molecule has 0 spiro atoms. The number of halogens is 1. The van der Waals surface area contributed by atoms with Crippen molar-refractivity contribution in [3.05, 3.63) is 28.2 Å². The molecule has 1 aliphatic heterocycles. The molecule has 1 aromatic carbocycles. The van der Waals surface area contributed by atoms with Gasteiger partial charge in [-0.1, -0.05) is 22.0 Å². The maximum atomic E-state index is 9.66. The zero-order valence-corrected chi connectivity index (χ0v) is 13.4. The van der Waals surface area contributed by atoms with E-state index in [4.69, 9.17) is 4.74 Å². The van der Waals surface area contributed by atoms with Crippen LogP contribution in [-0.4, -0.2) is 30.9 Å². The van der Waals surface area contributed by atoms with Crippen molar-refractivity contribution in [1.82, 2.24) is 0 Å². The molecule has 1 fully saturated rings. The standard InChI is InChI=1S/C15H22BrNO2/c1-11(18)13-6-5-12(9-14(13)16)17-8-4-7-15(2,10-17)19-3/h5-6,9,11,18H,4,7-8,10H2,1-3H3/t11-,15?/m0/s1. The summed E-state index contributed by atoms with van der Waals surface area (Å²) in [5.41, 5.74) is 2.04. The van der Waals surface area contributed by atoms with Gasteiger partial charge in [0.25, 0.3) is 0 Å². The molecular formula is C15H22BrNO2. The second kappa shape index (κ2) is 5.81. The van der Waals surface area contributed by atoms with Crippen molar-refractivity contribution in [2.45, 2.75) is 38.4 Å². The van der Waals surface area contributed by atoms with Gasteiger partial charge in [-0.15, -0.1) is 0 Å². The van der Waals surface area contributed by atoms with Gasteiger partial charge >= 0.3 is 0 Å². The molecule has 0 radical (unpaired) electrons. The van der Waals surface area contributed by atoms with Gasteiger partial charge in [-0.3, -0.25) is 0 Å². The van der Waals surface area contributed by atoms with E-state index >= 15 is 0 Å². The Balaban J connectivity index is 2.20. The van der Waals surface area contributed by atoms with Crippen LogP contribution in [0.15, 0.2) is 22.7 Å². The van der Waals surface area contributed by atoms with Gasteiger partial charge in [0.05, 0.1) is 11.7 Å². The topological polar surface area (TPSA) is 32.7 Å². The van der Waals surface area contributed by atoms with Crippen LogP contribution in [0.1, 0.15) is 38.4 Å². The zero-order chi connectivity index (χ0) is 14.0. The molecule has 1 unspecified atom stereocenters. The number of aliphatic hydroxyl groups is 1. The van der Waals surface area contributed by atoms with Gasteiger partial charge in [0, 0.05) is 30.4 Å². The highest BCUT2D eigenvalue weighted by atomic mass is 79.9. The summed E-state index contributed by atoms with van der Waals surface area (Å²) in [6.45, 7) is 5.91. The van der Waals surface area contributed by atoms with Crippen molar-refractivity contribution >= 4 is 21.6 Å². The predicted octanol–water partition coefficient (Wildman–Crippen LogP) is 3.51. The fourth-order valence-electron chi connectivity index (χ4n) is 2.64. The average Bonchev–Trinajstić information content (AvgIpc) is 2.38. The van der Waals surface area contributed by atoms with Crippen molar-refractivity contribution < 1.29 is 9.84 Å². The van der Waals surface area contributed by atoms with E-state index in [0.717, 1.165) is 36.0 Å². The second-order valence-corrected chi connectivity index (χ2v) is 6.42. The predicted molar refractivity (Wildman–Crippen MR) is 81.6 cm³/mol. The van der Waals surface area contributed by atoms with Crippen LogP contribution in [-0.2, 0) is 4.74 Å². The lowest BCUT2D eigenvalue weighted by Gasteiger charge is -2.40. The highest BCUT2D eigenvalue weighted by molar-refractivity contribution is 9.10. The summed E-state index contributed by atoms with van der Waals surface area (Å²) in [5, 5.41) is 9.66. The summed E-state index contributed by atoms with van der Waals surface area (Å²) in [4.78, 5) is 2.35. The van der Waals surface area contributed by atoms with Crippen molar-refractivity contribution in [2.24, 2.45) is 0 Å². The molecule has 1 aliphatic rings. The highest BCUT2D eigenvalue weighted by Crippen LogP contribution is 2.32. The molecule has 19 heavy (non-hydrogen) atoms. The molecule has 0 amide bonds. The van der Waals surface area contributed by atoms with Gasteiger partial charge in [0.1, 0.15) is 0 Å². The Morgan fingerprint density at radius 3 is 2.79 bits per heavy atom. The number of rotatable bonds is 3. The Hall–Kier alpha value is -0.580. The molecule has 3 nitrogen and oxygen atoms in total. The monoisotopic (exact) mass is 327 g/mol. The van der Waals surface area contributed by atoms with Crippen LogP contribution in [0.5, 0.6) is 0 Å². The summed E-state index contributed by atoms with van der Waals surface area (Å²) in [7, 11) is 1.79. The Kier molecular flexibility index (Phi) is 4.54. The fourth-order valence-corrected chi connectivity index (χ4v) is 3.34. The molecule has 2 rings (SSSR count). The number of methoxy groups -OCH3 is 1. The first-order chi connectivity index (χ1) is 8.95. The molecule has 106 valence electrons. The molecule has 0 aliphatic carbocycles. The lowest BCUT2D eigenvalue weighted by Crippen LogP contribution is -2.47. The van der Waals surface area contributed by atoms with E-state index < -0.39 is 6.10 Å². The summed E-state index contributed by atoms with van der Waals surface area (Å²) < 4.78 is 6.59. The summed E-state index contributed by atoms with van der Waals surface area (Å²) in [5.74, 6) is 0. The van der Waals surface area contributed by atoms with E-state index in [1.54, 1.807) is 14.0 Å². The lowest BCUT2D eigenvalue weighted by molar-refractivity contribution is -0.00465. The van der Waals surface area contributed by atoms with Gasteiger partial charge in [-0.2, -0.15) is 0 Å². The van der Waals surface area contributed by atoms with Crippen LogP contribution in [0.3, 0.4) is 0 Å². The maximum absolute atomic E-state index is 9.66. The van der Waals surface area contributed by atoms with Gasteiger partial charge in [-0.05, 0) is 44.4 Å². The first-order valence-corrected chi connectivity index (χ1v) is 7.52. The number of hydrogen-bond acceptors (Lipinski definition) is 3. The molecule has 2 atom stereocenters. The van der Waals surface area contributed by atoms with Crippen molar-refractivity contribution in [3.63, 3.8) is 0 Å². The van der Waals surface area contributed by atoms with Gasteiger partial charge in [-0.25, -0.2) is 0 Å². The molecule has 0 bridgehead atoms. The van der Waals surface area contributed by atoms with E-state index in [1.807, 2.05) is 6.07 Å². The van der Waals surface area contributed by atoms with Crippen LogP contribution in [0.2, 0.25) is 0 Å². The van der Waals surface area contributed by atoms with E-state index in [9.17, 15) is 5.11 Å². The number of nitrogens with zero attached hydrogens (tertiary/aromatic N) is 1. The average molecular weight is 328 g/mol. The van der Waals surface area contributed by atoms with Gasteiger partial charge in [0.15, 0.2) is 0 Å². The van der Waals surface area contributed by atoms with E-state index in [2.05, 4.69) is 39.9 Å². The molecular weight excluding hydrogens is 306 g/mol. The minimum atomic E-state index is -0.450. The maximum Gasteiger partial charge on any atom is 0.0825 e. The van der Waals surface area contributed by atoms with Crippen molar-refractivity contribution in [1.29, 1.82) is 0 Å². The Labute approximate surface area is 123 Å². The fraction of sp³-hybridized carbons (Fsp3) is 0.600. The minimum Gasteiger partial charge on any atom is -0.389 e. The molecule has 0 aromatic heterocycles. The lowest BCUT2D eigenvalue weighted by atomic mass is 9.94. The summed E-state index contributed by atoms with van der Waals surface area (Å²) >= 11 is 3.54. The quantitative estimate of drug-likeness (QED) is 0.922. The van der Waals surface area contributed by atoms with Crippen LogP contribution in [0, 0.1) is 0 Å². The number of anilines is 1. The number of benzene rings is 1. The van der Waals surface area contributed by atoms with E-state index in [-0.39, 0.29) is 5.60 Å². The largest absolute Gasteiger partial charge is 0.389 e. The molecule has 0 saturated carbocycles. The third-order valence-corrected chi connectivity index (χ3v) is 4.64. The van der Waals surface area contributed by atoms with Crippen molar-refractivity contribution in [2.75, 3.05) is 25.1 Å². The zero-order valence-electron chi connectivity index (χ0n) is 11.8. The highest BCUT2D eigenvalue weighted by Gasteiger charge is 2.31. The summed E-state index contributed by atoms with van der Waals surface area (Å²) in [6.07, 6.45) is 1.79. The van der Waals surface area contributed by atoms with E-state index in [0.29, 0.717) is 0 Å². The molecule has 4 heteroatoms. The Morgan fingerprint density at radius 1 is 1.47 bits per heavy atom. The molecule has 1 saturated heterocycles. The number of ether oxygens (including phenoxy) is 1. The SMILES string of the molecule is COC1(C)CCCN(c2ccc([C@H](C)O)c(Br)c2)C1. The third kappa shape index (κ3) is 3.30. The van der Waals surface area contributed by atoms with Crippen LogP contribution < -0.4 is 4.90 Å². The molecule has 1 heterocycles. The third-order valence-electron chi connectivity index (χ3n) is 3.95. The van der Waals surface area contributed by atoms with Gasteiger partial charge in [0.2, 0.25) is 0 Å². The van der Waals surface area contributed by atoms with Crippen LogP contribution in [0.4, 0.5) is 5.69 Å². The number of aliphatic hydroxyl groups excluding tert-OH is 1. The number of hydrogen-bond donors (Lipinski definition) is 1. The second-order valence-electron chi connectivity index (χ2n) is 5.56. The normalized spacial score (nSPS) is 25.4. The van der Waals surface area contributed by atoms with Crippen LogP contribution in [0.25, 0.3) is 0 Å². The minimum absolute atomic E-state index is 0.0618. The van der Waals surface area contributed by atoms with Crippen molar-refractivity contribution in [3.8, 4) is 0 Å². The first-order valence-electron chi connectivity index (χ1n) is 6.73. The Morgan fingerprint density at radius 2 is 2.21 bits per heavy atom. The summed E-state index contributed by atoms with van der Waals surface area (Å²) in [6, 6.07) is 6.15. The molecule has 1 aromatic rings. The van der Waals surface area contributed by atoms with E-state index in [1.165, 1.54) is 5.69 Å². The Bertz CT molecular complexity index is 450. The molecule has 1 N–H and O–H groups in total. The first kappa shape index (κ1) is 14.8. The van der Waals surface area contributed by atoms with Gasteiger partial charge < -0.3 is 14.7 Å².